The third-order valence-corrected chi connectivity index (χ3v) is 6.87. The summed E-state index contributed by atoms with van der Waals surface area (Å²) in [5.74, 6) is -3.22. The molecule has 1 amide bonds. The van der Waals surface area contributed by atoms with Gasteiger partial charge in [-0.15, -0.1) is 0 Å². The van der Waals surface area contributed by atoms with Gasteiger partial charge in [0.2, 0.25) is 5.91 Å². The van der Waals surface area contributed by atoms with Crippen LogP contribution in [0, 0.1) is 5.82 Å². The monoisotopic (exact) mass is 588 g/mol. The van der Waals surface area contributed by atoms with Gasteiger partial charge in [-0.2, -0.15) is 0 Å². The molecular weight excluding hydrogens is 555 g/mol. The lowest BCUT2D eigenvalue weighted by molar-refractivity contribution is -0.165. The number of nitrogens with zero attached hydrogens (tertiary/aromatic N) is 2. The maximum atomic E-state index is 14.2. The van der Waals surface area contributed by atoms with E-state index >= 15 is 0 Å². The molecule has 3 atom stereocenters. The molecule has 0 aliphatic carbocycles. The van der Waals surface area contributed by atoms with Gasteiger partial charge < -0.3 is 35.2 Å². The molecule has 13 nitrogen and oxygen atoms in total. The van der Waals surface area contributed by atoms with Crippen molar-refractivity contribution in [1.82, 2.24) is 20.4 Å². The second kappa shape index (κ2) is 15.0. The van der Waals surface area contributed by atoms with Crippen LogP contribution in [0.2, 0.25) is 0 Å². The number of unbranched alkanes of at least 4 members (excludes halogenated alkanes) is 2. The van der Waals surface area contributed by atoms with E-state index in [0.717, 1.165) is 38.5 Å². The zero-order valence-corrected chi connectivity index (χ0v) is 22.7. The highest BCUT2D eigenvalue weighted by Gasteiger charge is 2.37. The number of carboxylic acid groups (broad SMARTS) is 2. The normalized spacial score (nSPS) is 18.1. The Kier molecular flexibility index (Phi) is 11.4. The quantitative estimate of drug-likeness (QED) is 0.134. The van der Waals surface area contributed by atoms with Crippen molar-refractivity contribution in [2.45, 2.75) is 75.5 Å². The van der Waals surface area contributed by atoms with Crippen molar-refractivity contribution < 1.29 is 48.5 Å². The number of nitrogens with one attached hydrogen (secondary N) is 2. The average molecular weight is 589 g/mol. The van der Waals surface area contributed by atoms with Gasteiger partial charge in [-0.3, -0.25) is 9.59 Å². The van der Waals surface area contributed by atoms with E-state index in [1.807, 2.05) is 0 Å². The van der Waals surface area contributed by atoms with Crippen LogP contribution in [-0.2, 0) is 19.9 Å². The summed E-state index contributed by atoms with van der Waals surface area (Å²) in [5.41, 5.74) is 0.781. The third kappa shape index (κ3) is 8.54. The highest BCUT2D eigenvalue weighted by Crippen LogP contribution is 2.35. The van der Waals surface area contributed by atoms with E-state index in [-0.39, 0.29) is 17.5 Å². The molecule has 14 heteroatoms. The summed E-state index contributed by atoms with van der Waals surface area (Å²) in [6, 6.07) is 8.12. The van der Waals surface area contributed by atoms with Crippen molar-refractivity contribution in [3.8, 4) is 11.3 Å². The molecule has 2 aromatic heterocycles. The Morgan fingerprint density at radius 3 is 2.38 bits per heavy atom. The van der Waals surface area contributed by atoms with Crippen LogP contribution in [0.15, 0.2) is 47.3 Å². The predicted octanol–water partition coefficient (Wildman–Crippen LogP) is 2.80. The molecule has 0 saturated carbocycles. The summed E-state index contributed by atoms with van der Waals surface area (Å²) >= 11 is 0. The molecule has 1 aromatic carbocycles. The minimum absolute atomic E-state index is 0.00699. The lowest BCUT2D eigenvalue weighted by atomic mass is 9.86. The Hall–Kier alpha value is -4.43. The van der Waals surface area contributed by atoms with Crippen molar-refractivity contribution in [3.63, 3.8) is 0 Å². The van der Waals surface area contributed by atoms with Crippen molar-refractivity contribution in [2.24, 2.45) is 0 Å². The molecule has 1 fully saturated rings. The highest BCUT2D eigenvalue weighted by atomic mass is 19.1. The molecule has 0 bridgehead atoms. The number of benzene rings is 1. The van der Waals surface area contributed by atoms with Crippen LogP contribution < -0.4 is 5.32 Å². The zero-order chi connectivity index (χ0) is 30.7. The summed E-state index contributed by atoms with van der Waals surface area (Å²) in [4.78, 5) is 51.9. The first-order valence-corrected chi connectivity index (χ1v) is 13.4. The number of Topliss-reactive ketones (excluding diaryl/α,β-unsaturated/α-hetero) is 1. The Labute approximate surface area is 239 Å². The minimum atomic E-state index is -2.27. The van der Waals surface area contributed by atoms with Crippen molar-refractivity contribution in [1.29, 1.82) is 0 Å². The summed E-state index contributed by atoms with van der Waals surface area (Å²) in [6.07, 6.45) is 4.97. The van der Waals surface area contributed by atoms with E-state index in [1.54, 1.807) is 30.5 Å². The maximum Gasteiger partial charge on any atom is 0.335 e. The standard InChI is InChI=1S/C24H27FN4O3.C4H6O6/c25-18-9-4-3-8-17(18)20-16-26-23(27-20)24(14-7-5-11-22(31)28-24)13-6-1-2-10-21(30)19-12-15-32-29-19;5-1(3(7)8)2(6)4(9)10/h3-4,8-9,12,15-16H,1-2,5-7,10-11,13-14H2,(H,26,27)(H,28,31);1-2,5-6H,(H,7,8)(H,9,10)/t24-;1-,2-/m01/s1. The van der Waals surface area contributed by atoms with Crippen LogP contribution >= 0.6 is 0 Å². The number of hydrogen-bond donors (Lipinski definition) is 6. The number of rotatable bonds is 12. The SMILES string of the molecule is O=C(O)[C@H](O)[C@@H](O)C(=O)O.O=C1CCCC[C@@](CCCCCC(=O)c2ccon2)(c2ncc(-c3ccccc3F)[nH]2)N1. The van der Waals surface area contributed by atoms with Crippen LogP contribution in [-0.4, -0.2) is 71.4 Å². The number of aromatic nitrogens is 3. The molecule has 1 aliphatic rings. The number of ketones is 1. The van der Waals surface area contributed by atoms with E-state index in [2.05, 4.69) is 20.4 Å². The number of carbonyl (C=O) groups is 4. The highest BCUT2D eigenvalue weighted by molar-refractivity contribution is 5.93. The second-order valence-electron chi connectivity index (χ2n) is 9.90. The number of halogens is 1. The van der Waals surface area contributed by atoms with Gasteiger partial charge in [-0.25, -0.2) is 19.0 Å². The minimum Gasteiger partial charge on any atom is -0.479 e. The third-order valence-electron chi connectivity index (χ3n) is 6.87. The molecule has 0 unspecified atom stereocenters. The number of imidazole rings is 1. The van der Waals surface area contributed by atoms with E-state index in [4.69, 9.17) is 24.9 Å². The van der Waals surface area contributed by atoms with Gasteiger partial charge in [-0.05, 0) is 37.8 Å². The van der Waals surface area contributed by atoms with E-state index < -0.39 is 29.7 Å². The number of aliphatic hydroxyl groups excluding tert-OH is 2. The van der Waals surface area contributed by atoms with Gasteiger partial charge in [0, 0.05) is 24.5 Å². The Morgan fingerprint density at radius 1 is 1.02 bits per heavy atom. The first-order chi connectivity index (χ1) is 20.0. The number of aliphatic hydroxyl groups is 2. The van der Waals surface area contributed by atoms with Gasteiger partial charge in [0.25, 0.3) is 0 Å². The Bertz CT molecular complexity index is 1340. The van der Waals surface area contributed by atoms with Crippen molar-refractivity contribution in [3.05, 3.63) is 60.1 Å². The molecule has 6 N–H and O–H groups in total. The molecule has 4 rings (SSSR count). The van der Waals surface area contributed by atoms with Crippen molar-refractivity contribution >= 4 is 23.6 Å². The Balaban J connectivity index is 0.000000416. The zero-order valence-electron chi connectivity index (χ0n) is 22.7. The first kappa shape index (κ1) is 32.1. The number of carboxylic acids is 2. The topological polar surface area (TPSA) is 216 Å². The number of aromatic amines is 1. The van der Waals surface area contributed by atoms with Gasteiger partial charge in [0.1, 0.15) is 23.6 Å². The molecule has 1 aliphatic heterocycles. The fraction of sp³-hybridized carbons (Fsp3) is 0.429. The molecule has 3 aromatic rings. The van der Waals surface area contributed by atoms with Gasteiger partial charge in [-0.1, -0.05) is 36.6 Å². The fourth-order valence-electron chi connectivity index (χ4n) is 4.61. The first-order valence-electron chi connectivity index (χ1n) is 13.4. The molecule has 1 saturated heterocycles. The van der Waals surface area contributed by atoms with Crippen LogP contribution in [0.25, 0.3) is 11.3 Å². The molecule has 0 radical (unpaired) electrons. The van der Waals surface area contributed by atoms with Gasteiger partial charge in [0.05, 0.1) is 17.4 Å². The van der Waals surface area contributed by atoms with Gasteiger partial charge >= 0.3 is 11.9 Å². The summed E-state index contributed by atoms with van der Waals surface area (Å²) in [7, 11) is 0. The van der Waals surface area contributed by atoms with E-state index in [0.29, 0.717) is 42.0 Å². The number of carbonyl (C=O) groups excluding carboxylic acids is 2. The summed E-state index contributed by atoms with van der Waals surface area (Å²) < 4.78 is 19.0. The maximum absolute atomic E-state index is 14.2. The summed E-state index contributed by atoms with van der Waals surface area (Å²) in [6.45, 7) is 0. The predicted molar refractivity (Wildman–Crippen MR) is 143 cm³/mol. The molecular formula is C28H33FN4O9. The lowest BCUT2D eigenvalue weighted by Gasteiger charge is -2.32. The van der Waals surface area contributed by atoms with Gasteiger partial charge in [0.15, 0.2) is 18.0 Å². The second-order valence-corrected chi connectivity index (χ2v) is 9.90. The Morgan fingerprint density at radius 2 is 1.74 bits per heavy atom. The fourth-order valence-corrected chi connectivity index (χ4v) is 4.61. The van der Waals surface area contributed by atoms with Crippen molar-refractivity contribution in [2.75, 3.05) is 0 Å². The largest absolute Gasteiger partial charge is 0.479 e. The number of H-pyrrole nitrogens is 1. The van der Waals surface area contributed by atoms with Crippen LogP contribution in [0.1, 0.15) is 74.1 Å². The number of amides is 1. The lowest BCUT2D eigenvalue weighted by Crippen LogP contribution is -2.45. The smallest absolute Gasteiger partial charge is 0.335 e. The van der Waals surface area contributed by atoms with E-state index in [1.165, 1.54) is 12.3 Å². The number of aliphatic carboxylic acids is 2. The molecule has 3 heterocycles. The van der Waals surface area contributed by atoms with Crippen LogP contribution in [0.3, 0.4) is 0 Å². The van der Waals surface area contributed by atoms with E-state index in [9.17, 15) is 23.6 Å². The number of hydrogen-bond acceptors (Lipinski definition) is 9. The average Bonchev–Trinajstić information content (AvgIpc) is 3.65. The molecule has 42 heavy (non-hydrogen) atoms. The molecule has 226 valence electrons. The summed E-state index contributed by atoms with van der Waals surface area (Å²) in [5, 5.41) is 39.4. The molecule has 0 spiro atoms. The van der Waals surface area contributed by atoms with Crippen LogP contribution in [0.4, 0.5) is 4.39 Å². The van der Waals surface area contributed by atoms with Crippen LogP contribution in [0.5, 0.6) is 0 Å².